The summed E-state index contributed by atoms with van der Waals surface area (Å²) in [5, 5.41) is 8.52. The molecule has 0 aliphatic carbocycles. The first-order valence-corrected chi connectivity index (χ1v) is 3.20. The second-order valence-corrected chi connectivity index (χ2v) is 2.14. The highest BCUT2D eigenvalue weighted by Gasteiger charge is 2.27. The molecule has 0 aromatic carbocycles. The Kier molecular flexibility index (Phi) is 2.35. The van der Waals surface area contributed by atoms with Crippen LogP contribution in [0.25, 0.3) is 0 Å². The van der Waals surface area contributed by atoms with Gasteiger partial charge < -0.3 is 9.84 Å². The van der Waals surface area contributed by atoms with Crippen molar-refractivity contribution in [1.82, 2.24) is 0 Å². The van der Waals surface area contributed by atoms with Gasteiger partial charge in [0.15, 0.2) is 0 Å². The molecule has 1 atom stereocenters. The van der Waals surface area contributed by atoms with Crippen molar-refractivity contribution in [3.63, 3.8) is 0 Å². The minimum absolute atomic E-state index is 0.295. The maximum atomic E-state index is 11.1. The van der Waals surface area contributed by atoms with Crippen molar-refractivity contribution in [3.8, 4) is 0 Å². The van der Waals surface area contributed by atoms with Crippen LogP contribution in [0.15, 0.2) is 16.6 Å². The van der Waals surface area contributed by atoms with Gasteiger partial charge in [0, 0.05) is 13.3 Å². The van der Waals surface area contributed by atoms with Gasteiger partial charge in [0.05, 0.1) is 0 Å². The SMILES string of the molecule is COC1N=CC=C(C(=O)O)C1=O. The molecule has 0 saturated heterocycles. The molecular weight excluding hydrogens is 162 g/mol. The zero-order valence-corrected chi connectivity index (χ0v) is 6.35. The number of dihydropyridines is 1. The fourth-order valence-corrected chi connectivity index (χ4v) is 0.823. The molecule has 1 aliphatic rings. The summed E-state index contributed by atoms with van der Waals surface area (Å²) in [6.07, 6.45) is 1.40. The van der Waals surface area contributed by atoms with E-state index >= 15 is 0 Å². The van der Waals surface area contributed by atoms with Gasteiger partial charge in [-0.3, -0.25) is 9.79 Å². The molecule has 1 N–H and O–H groups in total. The van der Waals surface area contributed by atoms with Crippen molar-refractivity contribution in [2.45, 2.75) is 6.23 Å². The monoisotopic (exact) mass is 169 g/mol. The maximum absolute atomic E-state index is 11.1. The molecule has 1 unspecified atom stereocenters. The van der Waals surface area contributed by atoms with Crippen molar-refractivity contribution in [3.05, 3.63) is 11.6 Å². The summed E-state index contributed by atoms with van der Waals surface area (Å²) < 4.78 is 4.63. The lowest BCUT2D eigenvalue weighted by atomic mass is 10.1. The molecule has 0 saturated carbocycles. The third-order valence-electron chi connectivity index (χ3n) is 1.41. The number of ketones is 1. The Balaban J connectivity index is 2.91. The zero-order chi connectivity index (χ0) is 9.14. The van der Waals surface area contributed by atoms with Gasteiger partial charge >= 0.3 is 5.97 Å². The van der Waals surface area contributed by atoms with Gasteiger partial charge in [0.25, 0.3) is 0 Å². The number of Topliss-reactive ketones (excluding diaryl/α,β-unsaturated/α-hetero) is 1. The lowest BCUT2D eigenvalue weighted by Crippen LogP contribution is -2.28. The Morgan fingerprint density at radius 1 is 1.75 bits per heavy atom. The Labute approximate surface area is 68.4 Å². The Hall–Kier alpha value is -1.49. The van der Waals surface area contributed by atoms with E-state index in [1.165, 1.54) is 13.3 Å². The smallest absolute Gasteiger partial charge is 0.339 e. The summed E-state index contributed by atoms with van der Waals surface area (Å²) in [5.41, 5.74) is -0.295. The minimum Gasteiger partial charge on any atom is -0.478 e. The average molecular weight is 169 g/mol. The zero-order valence-electron chi connectivity index (χ0n) is 6.35. The first-order chi connectivity index (χ1) is 5.66. The van der Waals surface area contributed by atoms with Crippen LogP contribution in [0.1, 0.15) is 0 Å². The van der Waals surface area contributed by atoms with Crippen molar-refractivity contribution in [2.75, 3.05) is 7.11 Å². The van der Waals surface area contributed by atoms with E-state index in [0.717, 1.165) is 6.08 Å². The molecule has 0 bridgehead atoms. The van der Waals surface area contributed by atoms with Crippen LogP contribution >= 0.6 is 0 Å². The van der Waals surface area contributed by atoms with E-state index in [2.05, 4.69) is 9.73 Å². The molecule has 1 aliphatic heterocycles. The van der Waals surface area contributed by atoms with Crippen molar-refractivity contribution in [1.29, 1.82) is 0 Å². The summed E-state index contributed by atoms with van der Waals surface area (Å²) in [4.78, 5) is 25.2. The average Bonchev–Trinajstić information content (AvgIpc) is 2.04. The molecule has 0 spiro atoms. The number of carboxylic acids is 1. The normalized spacial score (nSPS) is 22.2. The number of ether oxygens (including phenoxy) is 1. The summed E-state index contributed by atoms with van der Waals surface area (Å²) >= 11 is 0. The third-order valence-corrected chi connectivity index (χ3v) is 1.41. The van der Waals surface area contributed by atoms with Gasteiger partial charge in [0.1, 0.15) is 5.57 Å². The molecule has 5 heteroatoms. The molecule has 0 radical (unpaired) electrons. The number of carboxylic acid groups (broad SMARTS) is 1. The van der Waals surface area contributed by atoms with Crippen molar-refractivity contribution in [2.24, 2.45) is 4.99 Å². The summed E-state index contributed by atoms with van der Waals surface area (Å²) in [6, 6.07) is 0. The fraction of sp³-hybridized carbons (Fsp3) is 0.286. The highest BCUT2D eigenvalue weighted by atomic mass is 16.5. The largest absolute Gasteiger partial charge is 0.478 e. The number of hydrogen-bond acceptors (Lipinski definition) is 4. The van der Waals surface area contributed by atoms with Crippen LogP contribution in [0, 0.1) is 0 Å². The highest BCUT2D eigenvalue weighted by Crippen LogP contribution is 2.08. The van der Waals surface area contributed by atoms with E-state index in [-0.39, 0.29) is 5.57 Å². The number of carbonyl (C=O) groups excluding carboxylic acids is 1. The number of methoxy groups -OCH3 is 1. The van der Waals surface area contributed by atoms with Crippen LogP contribution in [0.2, 0.25) is 0 Å². The third kappa shape index (κ3) is 1.40. The number of allylic oxidation sites excluding steroid dienone is 1. The molecular formula is C7H7NO4. The van der Waals surface area contributed by atoms with Crippen molar-refractivity contribution < 1.29 is 19.4 Å². The fourth-order valence-electron chi connectivity index (χ4n) is 0.823. The van der Waals surface area contributed by atoms with Gasteiger partial charge in [-0.1, -0.05) is 0 Å². The number of rotatable bonds is 2. The van der Waals surface area contributed by atoms with E-state index in [9.17, 15) is 9.59 Å². The summed E-state index contributed by atoms with van der Waals surface area (Å²) in [7, 11) is 1.30. The molecule has 0 amide bonds. The number of aliphatic imine (C=N–C) groups is 1. The molecule has 1 heterocycles. The van der Waals surface area contributed by atoms with E-state index in [0.29, 0.717) is 0 Å². The van der Waals surface area contributed by atoms with Gasteiger partial charge in [-0.25, -0.2) is 4.79 Å². The molecule has 1 rings (SSSR count). The first-order valence-electron chi connectivity index (χ1n) is 3.20. The Bertz CT molecular complexity index is 279. The van der Waals surface area contributed by atoms with E-state index in [1.54, 1.807) is 0 Å². The van der Waals surface area contributed by atoms with Crippen LogP contribution in [0.5, 0.6) is 0 Å². The van der Waals surface area contributed by atoms with E-state index < -0.39 is 18.0 Å². The van der Waals surface area contributed by atoms with Crippen LogP contribution < -0.4 is 0 Å². The second-order valence-electron chi connectivity index (χ2n) is 2.14. The van der Waals surface area contributed by atoms with Gasteiger partial charge in [-0.15, -0.1) is 0 Å². The molecule has 0 fully saturated rings. The lowest BCUT2D eigenvalue weighted by molar-refractivity contribution is -0.136. The Morgan fingerprint density at radius 3 is 2.92 bits per heavy atom. The number of hydrogen-bond donors (Lipinski definition) is 1. The summed E-state index contributed by atoms with van der Waals surface area (Å²) in [5.74, 6) is -1.87. The molecule has 12 heavy (non-hydrogen) atoms. The van der Waals surface area contributed by atoms with E-state index in [1.807, 2.05) is 0 Å². The predicted octanol–water partition coefficient (Wildman–Crippen LogP) is -0.377. The first kappa shape index (κ1) is 8.61. The number of carbonyl (C=O) groups is 2. The van der Waals surface area contributed by atoms with Crippen LogP contribution in [-0.4, -0.2) is 36.4 Å². The number of aliphatic carboxylic acids is 1. The molecule has 64 valence electrons. The van der Waals surface area contributed by atoms with E-state index in [4.69, 9.17) is 5.11 Å². The van der Waals surface area contributed by atoms with Crippen LogP contribution in [0.4, 0.5) is 0 Å². The molecule has 5 nitrogen and oxygen atoms in total. The minimum atomic E-state index is -1.26. The topological polar surface area (TPSA) is 76.0 Å². The number of nitrogens with zero attached hydrogens (tertiary/aromatic N) is 1. The maximum Gasteiger partial charge on any atom is 0.339 e. The lowest BCUT2D eigenvalue weighted by Gasteiger charge is -2.11. The standard InChI is InChI=1S/C7H7NO4/c1-12-6-5(9)4(7(10)11)2-3-8-6/h2-3,6H,1H3,(H,10,11). The molecule has 0 aromatic heterocycles. The van der Waals surface area contributed by atoms with Gasteiger partial charge in [-0.05, 0) is 6.08 Å². The Morgan fingerprint density at radius 2 is 2.42 bits per heavy atom. The van der Waals surface area contributed by atoms with Crippen LogP contribution in [0.3, 0.4) is 0 Å². The predicted molar refractivity (Wildman–Crippen MR) is 40.0 cm³/mol. The highest BCUT2D eigenvalue weighted by molar-refractivity contribution is 6.21. The van der Waals surface area contributed by atoms with Gasteiger partial charge in [0.2, 0.25) is 12.0 Å². The van der Waals surface area contributed by atoms with Gasteiger partial charge in [-0.2, -0.15) is 0 Å². The quantitative estimate of drug-likeness (QED) is 0.572. The summed E-state index contributed by atoms with van der Waals surface area (Å²) in [6.45, 7) is 0. The second kappa shape index (κ2) is 3.27. The molecule has 0 aromatic rings. The van der Waals surface area contributed by atoms with Crippen molar-refractivity contribution >= 4 is 18.0 Å². The van der Waals surface area contributed by atoms with Crippen LogP contribution in [-0.2, 0) is 14.3 Å².